The van der Waals surface area contributed by atoms with E-state index in [2.05, 4.69) is 10.3 Å². The summed E-state index contributed by atoms with van der Waals surface area (Å²) in [5, 5.41) is 2.19. The summed E-state index contributed by atoms with van der Waals surface area (Å²) in [6.45, 7) is 0. The highest BCUT2D eigenvalue weighted by Gasteiger charge is 2.31. The van der Waals surface area contributed by atoms with E-state index in [1.165, 1.54) is 18.3 Å². The Balaban J connectivity index is 2.25. The molecule has 0 atom stereocenters. The van der Waals surface area contributed by atoms with Gasteiger partial charge in [-0.25, -0.2) is 0 Å². The van der Waals surface area contributed by atoms with Crippen molar-refractivity contribution in [2.45, 2.75) is 6.18 Å². The Morgan fingerprint density at radius 2 is 1.95 bits per heavy atom. The van der Waals surface area contributed by atoms with Gasteiger partial charge < -0.3 is 16.0 Å². The van der Waals surface area contributed by atoms with Gasteiger partial charge in [0.15, 0.2) is 0 Å². The van der Waals surface area contributed by atoms with Crippen LogP contribution in [0.4, 0.5) is 24.5 Å². The molecule has 0 radical (unpaired) electrons. The van der Waals surface area contributed by atoms with Crippen LogP contribution in [0.25, 0.3) is 0 Å². The standard InChI is InChI=1S/C12H9ClF3N3O/c13-7-1-6(12(14,15)16)2-9(3-7)19-11(20)10-4-8(17)5-18-10/h1-5,18H,17H2,(H,19,20). The van der Waals surface area contributed by atoms with Crippen LogP contribution >= 0.6 is 11.6 Å². The largest absolute Gasteiger partial charge is 0.416 e. The third-order valence-electron chi connectivity index (χ3n) is 2.43. The number of halogens is 4. The second-order valence-electron chi connectivity index (χ2n) is 4.03. The minimum atomic E-state index is -4.54. The first kappa shape index (κ1) is 14.3. The molecule has 106 valence electrons. The van der Waals surface area contributed by atoms with Crippen molar-refractivity contribution in [2.24, 2.45) is 0 Å². The smallest absolute Gasteiger partial charge is 0.397 e. The normalized spacial score (nSPS) is 11.4. The minimum absolute atomic E-state index is 0.0528. The number of hydrogen-bond donors (Lipinski definition) is 3. The van der Waals surface area contributed by atoms with E-state index < -0.39 is 17.6 Å². The summed E-state index contributed by atoms with van der Waals surface area (Å²) >= 11 is 5.61. The first-order chi connectivity index (χ1) is 9.25. The molecule has 1 heterocycles. The van der Waals surface area contributed by atoms with Crippen LogP contribution in [0.2, 0.25) is 5.02 Å². The van der Waals surface area contributed by atoms with Crippen molar-refractivity contribution in [1.82, 2.24) is 4.98 Å². The summed E-state index contributed by atoms with van der Waals surface area (Å²) < 4.78 is 37.9. The maximum absolute atomic E-state index is 12.6. The van der Waals surface area contributed by atoms with E-state index in [0.29, 0.717) is 5.69 Å². The molecule has 0 aliphatic carbocycles. The molecule has 0 saturated heterocycles. The average molecular weight is 304 g/mol. The summed E-state index contributed by atoms with van der Waals surface area (Å²) in [4.78, 5) is 14.4. The van der Waals surface area contributed by atoms with E-state index in [0.717, 1.165) is 12.1 Å². The topological polar surface area (TPSA) is 70.9 Å². The van der Waals surface area contributed by atoms with E-state index in [-0.39, 0.29) is 16.4 Å². The zero-order valence-corrected chi connectivity index (χ0v) is 10.6. The number of carbonyl (C=O) groups is 1. The number of benzene rings is 1. The van der Waals surface area contributed by atoms with Gasteiger partial charge in [0.1, 0.15) is 5.69 Å². The minimum Gasteiger partial charge on any atom is -0.397 e. The lowest BCUT2D eigenvalue weighted by molar-refractivity contribution is -0.137. The number of H-pyrrole nitrogens is 1. The molecule has 4 nitrogen and oxygen atoms in total. The number of nitrogen functional groups attached to an aromatic ring is 1. The number of aromatic amines is 1. The first-order valence-electron chi connectivity index (χ1n) is 5.39. The zero-order valence-electron chi connectivity index (χ0n) is 9.88. The molecule has 0 bridgehead atoms. The molecule has 0 spiro atoms. The van der Waals surface area contributed by atoms with Crippen LogP contribution in [-0.4, -0.2) is 10.9 Å². The molecule has 1 aromatic carbocycles. The monoisotopic (exact) mass is 303 g/mol. The summed E-state index contributed by atoms with van der Waals surface area (Å²) in [5.41, 5.74) is 4.92. The molecule has 0 aliphatic rings. The number of hydrogen-bond acceptors (Lipinski definition) is 2. The average Bonchev–Trinajstić information content (AvgIpc) is 2.74. The number of rotatable bonds is 2. The van der Waals surface area contributed by atoms with Crippen molar-refractivity contribution in [3.05, 3.63) is 46.7 Å². The molecule has 4 N–H and O–H groups in total. The molecule has 0 aliphatic heterocycles. The van der Waals surface area contributed by atoms with Crippen molar-refractivity contribution in [1.29, 1.82) is 0 Å². The predicted molar refractivity (Wildman–Crippen MR) is 69.6 cm³/mol. The van der Waals surface area contributed by atoms with E-state index in [1.54, 1.807) is 0 Å². The van der Waals surface area contributed by atoms with Crippen LogP contribution in [0, 0.1) is 0 Å². The molecule has 20 heavy (non-hydrogen) atoms. The number of aromatic nitrogens is 1. The van der Waals surface area contributed by atoms with Crippen molar-refractivity contribution >= 4 is 28.9 Å². The second kappa shape index (κ2) is 5.09. The quantitative estimate of drug-likeness (QED) is 0.794. The highest BCUT2D eigenvalue weighted by atomic mass is 35.5. The van der Waals surface area contributed by atoms with Gasteiger partial charge in [-0.2, -0.15) is 13.2 Å². The van der Waals surface area contributed by atoms with E-state index in [9.17, 15) is 18.0 Å². The maximum atomic E-state index is 12.6. The molecule has 2 rings (SSSR count). The summed E-state index contributed by atoms with van der Waals surface area (Å²) in [5.74, 6) is -0.614. The highest BCUT2D eigenvalue weighted by molar-refractivity contribution is 6.31. The van der Waals surface area contributed by atoms with Gasteiger partial charge in [-0.1, -0.05) is 11.6 Å². The van der Waals surface area contributed by atoms with Crippen molar-refractivity contribution in [3.8, 4) is 0 Å². The Morgan fingerprint density at radius 3 is 2.50 bits per heavy atom. The Labute approximate surface area is 116 Å². The Hall–Kier alpha value is -2.15. The predicted octanol–water partition coefficient (Wildman–Crippen LogP) is 3.52. The fourth-order valence-electron chi connectivity index (χ4n) is 1.57. The SMILES string of the molecule is Nc1c[nH]c(C(=O)Nc2cc(Cl)cc(C(F)(F)F)c2)c1. The van der Waals surface area contributed by atoms with Gasteiger partial charge in [-0.05, 0) is 24.3 Å². The molecule has 0 unspecified atom stereocenters. The Bertz CT molecular complexity index is 652. The number of alkyl halides is 3. The molecule has 2 aromatic rings. The van der Waals surface area contributed by atoms with Gasteiger partial charge in [-0.3, -0.25) is 4.79 Å². The van der Waals surface area contributed by atoms with Gasteiger partial charge in [0.05, 0.1) is 5.56 Å². The Morgan fingerprint density at radius 1 is 1.25 bits per heavy atom. The first-order valence-corrected chi connectivity index (χ1v) is 5.76. The molecule has 0 fully saturated rings. The second-order valence-corrected chi connectivity index (χ2v) is 4.46. The van der Waals surface area contributed by atoms with Crippen LogP contribution in [-0.2, 0) is 6.18 Å². The van der Waals surface area contributed by atoms with Crippen molar-refractivity contribution in [3.63, 3.8) is 0 Å². The van der Waals surface area contributed by atoms with Gasteiger partial charge in [-0.15, -0.1) is 0 Å². The number of nitrogens with one attached hydrogen (secondary N) is 2. The summed E-state index contributed by atoms with van der Waals surface area (Å²) in [7, 11) is 0. The van der Waals surface area contributed by atoms with Crippen LogP contribution in [0.5, 0.6) is 0 Å². The number of anilines is 2. The summed E-state index contributed by atoms with van der Waals surface area (Å²) in [6, 6.07) is 4.17. The van der Waals surface area contributed by atoms with Crippen LogP contribution in [0.15, 0.2) is 30.5 Å². The molecule has 1 aromatic heterocycles. The lowest BCUT2D eigenvalue weighted by Gasteiger charge is -2.10. The van der Waals surface area contributed by atoms with E-state index >= 15 is 0 Å². The zero-order chi connectivity index (χ0) is 14.9. The van der Waals surface area contributed by atoms with E-state index in [4.69, 9.17) is 17.3 Å². The van der Waals surface area contributed by atoms with Gasteiger partial charge in [0.25, 0.3) is 5.91 Å². The lowest BCUT2D eigenvalue weighted by Crippen LogP contribution is -2.13. The lowest BCUT2D eigenvalue weighted by atomic mass is 10.2. The maximum Gasteiger partial charge on any atom is 0.416 e. The van der Waals surface area contributed by atoms with Gasteiger partial charge in [0, 0.05) is 22.6 Å². The highest BCUT2D eigenvalue weighted by Crippen LogP contribution is 2.33. The number of amides is 1. The molecule has 1 amide bonds. The third kappa shape index (κ3) is 3.24. The fourth-order valence-corrected chi connectivity index (χ4v) is 1.80. The number of nitrogens with two attached hydrogens (primary N) is 1. The Kier molecular flexibility index (Phi) is 3.63. The molecular formula is C12H9ClF3N3O. The van der Waals surface area contributed by atoms with Crippen molar-refractivity contribution in [2.75, 3.05) is 11.1 Å². The van der Waals surface area contributed by atoms with Crippen molar-refractivity contribution < 1.29 is 18.0 Å². The molecule has 8 heteroatoms. The van der Waals surface area contributed by atoms with Crippen LogP contribution in [0.1, 0.15) is 16.1 Å². The van der Waals surface area contributed by atoms with Crippen LogP contribution in [0.3, 0.4) is 0 Å². The van der Waals surface area contributed by atoms with Gasteiger partial charge in [0.2, 0.25) is 0 Å². The van der Waals surface area contributed by atoms with Gasteiger partial charge >= 0.3 is 6.18 Å². The van der Waals surface area contributed by atoms with Crippen LogP contribution < -0.4 is 11.1 Å². The van der Waals surface area contributed by atoms with E-state index in [1.807, 2.05) is 0 Å². The number of carbonyl (C=O) groups excluding carboxylic acids is 1. The molecular weight excluding hydrogens is 295 g/mol. The summed E-state index contributed by atoms with van der Waals surface area (Å²) in [6.07, 6.45) is -3.14. The molecule has 0 saturated carbocycles. The fraction of sp³-hybridized carbons (Fsp3) is 0.0833. The third-order valence-corrected chi connectivity index (χ3v) is 2.65.